The highest BCUT2D eigenvalue weighted by molar-refractivity contribution is 6.30. The van der Waals surface area contributed by atoms with E-state index in [1.54, 1.807) is 14.2 Å². The summed E-state index contributed by atoms with van der Waals surface area (Å²) in [6.07, 6.45) is 4.92. The van der Waals surface area contributed by atoms with Crippen LogP contribution < -0.4 is 14.8 Å². The van der Waals surface area contributed by atoms with Crippen LogP contribution in [0, 0.1) is 11.8 Å². The van der Waals surface area contributed by atoms with Gasteiger partial charge in [-0.3, -0.25) is 9.59 Å². The maximum atomic E-state index is 13.4. The Morgan fingerprint density at radius 2 is 1.86 bits per heavy atom. The van der Waals surface area contributed by atoms with Gasteiger partial charge >= 0.3 is 0 Å². The molecule has 0 aliphatic carbocycles. The predicted molar refractivity (Wildman–Crippen MR) is 132 cm³/mol. The fraction of sp³-hybridized carbons (Fsp3) is 0.407. The first kappa shape index (κ1) is 23.7. The number of nitrogens with one attached hydrogen (secondary N) is 1. The molecule has 1 N–H and O–H groups in total. The second kappa shape index (κ2) is 9.55. The number of benzene rings is 2. The zero-order valence-electron chi connectivity index (χ0n) is 19.8. The summed E-state index contributed by atoms with van der Waals surface area (Å²) in [6.45, 7) is 1.50. The molecule has 184 valence electrons. The average molecular weight is 497 g/mol. The number of carbonyl (C=O) groups excluding carboxylic acids is 2. The van der Waals surface area contributed by atoms with Crippen molar-refractivity contribution in [1.82, 2.24) is 10.2 Å². The molecule has 3 aliphatic rings. The SMILES string of the molecule is COc1ccc(CCN2CC34C=CC(O3)C(C(=O)NCCc3ccc(Cl)cc3)C4C2=O)cc1OC. The van der Waals surface area contributed by atoms with Gasteiger partial charge in [0.25, 0.3) is 0 Å². The largest absolute Gasteiger partial charge is 0.493 e. The molecule has 35 heavy (non-hydrogen) atoms. The van der Waals surface area contributed by atoms with E-state index in [-0.39, 0.29) is 17.9 Å². The van der Waals surface area contributed by atoms with Crippen LogP contribution in [0.1, 0.15) is 11.1 Å². The van der Waals surface area contributed by atoms with Crippen molar-refractivity contribution in [3.8, 4) is 11.5 Å². The van der Waals surface area contributed by atoms with Gasteiger partial charge in [0.1, 0.15) is 5.60 Å². The Kier molecular flexibility index (Phi) is 6.47. The number of amides is 2. The number of hydrogen-bond acceptors (Lipinski definition) is 5. The lowest BCUT2D eigenvalue weighted by Crippen LogP contribution is -2.44. The van der Waals surface area contributed by atoms with E-state index in [1.807, 2.05) is 59.5 Å². The summed E-state index contributed by atoms with van der Waals surface area (Å²) < 4.78 is 16.9. The summed E-state index contributed by atoms with van der Waals surface area (Å²) in [5.41, 5.74) is 1.42. The molecule has 2 aromatic carbocycles. The van der Waals surface area contributed by atoms with Gasteiger partial charge in [0.15, 0.2) is 11.5 Å². The molecule has 1 spiro atoms. The van der Waals surface area contributed by atoms with Crippen LogP contribution in [0.2, 0.25) is 5.02 Å². The van der Waals surface area contributed by atoms with Gasteiger partial charge in [0.05, 0.1) is 38.7 Å². The number of rotatable bonds is 9. The molecule has 4 unspecified atom stereocenters. The molecule has 0 saturated carbocycles. The lowest BCUT2D eigenvalue weighted by molar-refractivity contribution is -0.137. The minimum absolute atomic E-state index is 0.0184. The molecule has 8 heteroatoms. The smallest absolute Gasteiger partial charge is 0.230 e. The van der Waals surface area contributed by atoms with Crippen LogP contribution in [0.4, 0.5) is 0 Å². The van der Waals surface area contributed by atoms with Crippen LogP contribution in [-0.2, 0) is 27.2 Å². The van der Waals surface area contributed by atoms with E-state index in [9.17, 15) is 9.59 Å². The second-order valence-electron chi connectivity index (χ2n) is 9.27. The van der Waals surface area contributed by atoms with Crippen LogP contribution in [0.25, 0.3) is 0 Å². The van der Waals surface area contributed by atoms with Crippen LogP contribution >= 0.6 is 11.6 Å². The van der Waals surface area contributed by atoms with E-state index in [0.717, 1.165) is 11.1 Å². The standard InChI is InChI=1S/C27H29ClN2O5/c1-33-20-8-5-18(15-22(20)34-2)11-14-30-16-27-12-9-21(35-27)23(24(27)26(30)32)25(31)29-13-10-17-3-6-19(28)7-4-17/h3-9,12,15,21,23-24H,10-11,13-14,16H2,1-2H3,(H,29,31). The van der Waals surface area contributed by atoms with Gasteiger partial charge in [0.2, 0.25) is 11.8 Å². The Morgan fingerprint density at radius 3 is 2.60 bits per heavy atom. The molecular formula is C27H29ClN2O5. The predicted octanol–water partition coefficient (Wildman–Crippen LogP) is 3.04. The lowest BCUT2D eigenvalue weighted by atomic mass is 9.77. The third-order valence-electron chi connectivity index (χ3n) is 7.23. The first-order chi connectivity index (χ1) is 16.9. The maximum absolute atomic E-state index is 13.4. The summed E-state index contributed by atoms with van der Waals surface area (Å²) in [6, 6.07) is 13.3. The maximum Gasteiger partial charge on any atom is 0.230 e. The highest BCUT2D eigenvalue weighted by Gasteiger charge is 2.66. The number of carbonyl (C=O) groups is 2. The fourth-order valence-corrected chi connectivity index (χ4v) is 5.59. The third kappa shape index (κ3) is 4.39. The molecule has 4 atom stereocenters. The van der Waals surface area contributed by atoms with Crippen LogP contribution in [0.3, 0.4) is 0 Å². The number of halogens is 1. The molecule has 0 aromatic heterocycles. The monoisotopic (exact) mass is 496 g/mol. The molecule has 3 heterocycles. The molecule has 0 radical (unpaired) electrons. The first-order valence-electron chi connectivity index (χ1n) is 11.8. The third-order valence-corrected chi connectivity index (χ3v) is 7.48. The minimum Gasteiger partial charge on any atom is -0.493 e. The Hall–Kier alpha value is -3.03. The lowest BCUT2D eigenvalue weighted by Gasteiger charge is -2.23. The molecule has 2 fully saturated rings. The van der Waals surface area contributed by atoms with Crippen molar-refractivity contribution in [2.24, 2.45) is 11.8 Å². The summed E-state index contributed by atoms with van der Waals surface area (Å²) in [5, 5.41) is 3.70. The van der Waals surface area contributed by atoms with Crippen molar-refractivity contribution in [3.05, 3.63) is 70.8 Å². The van der Waals surface area contributed by atoms with Crippen molar-refractivity contribution in [2.75, 3.05) is 33.9 Å². The summed E-state index contributed by atoms with van der Waals surface area (Å²) in [4.78, 5) is 28.4. The topological polar surface area (TPSA) is 77.1 Å². The van der Waals surface area contributed by atoms with E-state index < -0.39 is 17.4 Å². The first-order valence-corrected chi connectivity index (χ1v) is 12.2. The highest BCUT2D eigenvalue weighted by atomic mass is 35.5. The number of nitrogens with zero attached hydrogens (tertiary/aromatic N) is 1. The summed E-state index contributed by atoms with van der Waals surface area (Å²) in [7, 11) is 3.21. The quantitative estimate of drug-likeness (QED) is 0.540. The molecule has 5 rings (SSSR count). The zero-order chi connectivity index (χ0) is 24.6. The highest BCUT2D eigenvalue weighted by Crippen LogP contribution is 2.51. The van der Waals surface area contributed by atoms with Gasteiger partial charge in [-0.1, -0.05) is 42.0 Å². The van der Waals surface area contributed by atoms with E-state index in [2.05, 4.69) is 5.32 Å². The van der Waals surface area contributed by atoms with Crippen molar-refractivity contribution < 1.29 is 23.8 Å². The van der Waals surface area contributed by atoms with Crippen LogP contribution in [0.15, 0.2) is 54.6 Å². The average Bonchev–Trinajstić information content (AvgIpc) is 3.51. The summed E-state index contributed by atoms with van der Waals surface area (Å²) >= 11 is 5.94. The number of fused-ring (bicyclic) bond motifs is 1. The second-order valence-corrected chi connectivity index (χ2v) is 9.70. The molecule has 7 nitrogen and oxygen atoms in total. The van der Waals surface area contributed by atoms with E-state index in [0.29, 0.717) is 49.0 Å². The van der Waals surface area contributed by atoms with Gasteiger partial charge in [-0.05, 0) is 48.2 Å². The van der Waals surface area contributed by atoms with Crippen LogP contribution in [-0.4, -0.2) is 62.3 Å². The Balaban J connectivity index is 1.22. The van der Waals surface area contributed by atoms with Crippen molar-refractivity contribution >= 4 is 23.4 Å². The summed E-state index contributed by atoms with van der Waals surface area (Å²) in [5.74, 6) is 0.184. The van der Waals surface area contributed by atoms with E-state index in [1.165, 1.54) is 0 Å². The zero-order valence-corrected chi connectivity index (χ0v) is 20.6. The Morgan fingerprint density at radius 1 is 1.11 bits per heavy atom. The molecular weight excluding hydrogens is 468 g/mol. The van der Waals surface area contributed by atoms with Crippen molar-refractivity contribution in [3.63, 3.8) is 0 Å². The molecule has 2 saturated heterocycles. The van der Waals surface area contributed by atoms with E-state index >= 15 is 0 Å². The van der Waals surface area contributed by atoms with E-state index in [4.69, 9.17) is 25.8 Å². The van der Waals surface area contributed by atoms with Gasteiger partial charge in [-0.15, -0.1) is 0 Å². The van der Waals surface area contributed by atoms with Gasteiger partial charge in [0, 0.05) is 18.1 Å². The van der Waals surface area contributed by atoms with Crippen LogP contribution in [0.5, 0.6) is 11.5 Å². The molecule has 3 aliphatic heterocycles. The van der Waals surface area contributed by atoms with Gasteiger partial charge in [-0.2, -0.15) is 0 Å². The van der Waals surface area contributed by atoms with Gasteiger partial charge < -0.3 is 24.4 Å². The Labute approximate surface area is 210 Å². The minimum atomic E-state index is -0.711. The number of ether oxygens (including phenoxy) is 3. The molecule has 2 amide bonds. The number of likely N-dealkylation sites (tertiary alicyclic amines) is 1. The van der Waals surface area contributed by atoms with Crippen molar-refractivity contribution in [2.45, 2.75) is 24.5 Å². The van der Waals surface area contributed by atoms with Crippen molar-refractivity contribution in [1.29, 1.82) is 0 Å². The normalized spacial score (nSPS) is 26.2. The Bertz CT molecular complexity index is 1150. The fourth-order valence-electron chi connectivity index (χ4n) is 5.47. The molecule has 2 bridgehead atoms. The molecule has 2 aromatic rings. The number of hydrogen-bond donors (Lipinski definition) is 1. The number of methoxy groups -OCH3 is 2. The van der Waals surface area contributed by atoms with Gasteiger partial charge in [-0.25, -0.2) is 0 Å².